The second-order valence-electron chi connectivity index (χ2n) is 6.20. The van der Waals surface area contributed by atoms with Gasteiger partial charge in [0.15, 0.2) is 0 Å². The van der Waals surface area contributed by atoms with Gasteiger partial charge in [-0.2, -0.15) is 0 Å². The van der Waals surface area contributed by atoms with E-state index in [4.69, 9.17) is 0 Å². The number of imide groups is 1. The van der Waals surface area contributed by atoms with Crippen molar-refractivity contribution in [1.82, 2.24) is 20.1 Å². The van der Waals surface area contributed by atoms with E-state index in [0.29, 0.717) is 31.5 Å². The molecule has 1 aromatic carbocycles. The second kappa shape index (κ2) is 5.27. The highest BCUT2D eigenvalue weighted by atomic mass is 32.1. The molecule has 124 valence electrons. The molecule has 0 unspecified atom stereocenters. The number of benzene rings is 1. The molecule has 0 saturated carbocycles. The quantitative estimate of drug-likeness (QED) is 0.794. The van der Waals surface area contributed by atoms with Crippen LogP contribution in [0.2, 0.25) is 0 Å². The van der Waals surface area contributed by atoms with Crippen LogP contribution in [0.5, 0.6) is 0 Å². The summed E-state index contributed by atoms with van der Waals surface area (Å²) in [7, 11) is 1.48. The number of amides is 4. The van der Waals surface area contributed by atoms with Crippen molar-refractivity contribution in [1.29, 1.82) is 0 Å². The van der Waals surface area contributed by atoms with E-state index in [0.717, 1.165) is 15.1 Å². The SMILES string of the molecule is CN1C(=O)NC2(CCN(C(=O)c3ccc4ncsc4c3)CC2)C1=O. The van der Waals surface area contributed by atoms with Gasteiger partial charge in [0.25, 0.3) is 11.8 Å². The maximum Gasteiger partial charge on any atom is 0.324 e. The minimum Gasteiger partial charge on any atom is -0.338 e. The molecule has 2 saturated heterocycles. The third kappa shape index (κ3) is 2.17. The smallest absolute Gasteiger partial charge is 0.324 e. The molecule has 2 aromatic rings. The highest BCUT2D eigenvalue weighted by Gasteiger charge is 2.51. The Morgan fingerprint density at radius 2 is 2.04 bits per heavy atom. The summed E-state index contributed by atoms with van der Waals surface area (Å²) < 4.78 is 0.981. The van der Waals surface area contributed by atoms with Crippen LogP contribution in [-0.4, -0.2) is 58.3 Å². The Bertz CT molecular complexity index is 854. The Morgan fingerprint density at radius 1 is 1.29 bits per heavy atom. The summed E-state index contributed by atoms with van der Waals surface area (Å²) in [6.07, 6.45) is 0.882. The first kappa shape index (κ1) is 15.1. The first-order valence-electron chi connectivity index (χ1n) is 7.73. The van der Waals surface area contributed by atoms with Crippen LogP contribution in [-0.2, 0) is 4.79 Å². The molecule has 24 heavy (non-hydrogen) atoms. The fraction of sp³-hybridized carbons (Fsp3) is 0.375. The molecule has 2 fully saturated rings. The van der Waals surface area contributed by atoms with E-state index in [9.17, 15) is 14.4 Å². The average Bonchev–Trinajstić information content (AvgIpc) is 3.14. The molecule has 0 radical (unpaired) electrons. The molecular formula is C16H16N4O3S. The number of aromatic nitrogens is 1. The van der Waals surface area contributed by atoms with Crippen molar-refractivity contribution in [2.75, 3.05) is 20.1 Å². The van der Waals surface area contributed by atoms with Gasteiger partial charge in [0, 0.05) is 25.7 Å². The zero-order chi connectivity index (χ0) is 16.9. The highest BCUT2D eigenvalue weighted by Crippen LogP contribution is 2.29. The number of fused-ring (bicyclic) bond motifs is 1. The van der Waals surface area contributed by atoms with Crippen LogP contribution in [0.15, 0.2) is 23.7 Å². The number of hydrogen-bond acceptors (Lipinski definition) is 5. The third-order valence-corrected chi connectivity index (χ3v) is 5.64. The topological polar surface area (TPSA) is 82.6 Å². The molecule has 0 atom stereocenters. The van der Waals surface area contributed by atoms with Gasteiger partial charge in [0.05, 0.1) is 15.7 Å². The van der Waals surface area contributed by atoms with Gasteiger partial charge in [0.2, 0.25) is 0 Å². The molecule has 4 rings (SSSR count). The van der Waals surface area contributed by atoms with Crippen LogP contribution in [0.3, 0.4) is 0 Å². The van der Waals surface area contributed by atoms with Crippen LogP contribution in [0.1, 0.15) is 23.2 Å². The predicted molar refractivity (Wildman–Crippen MR) is 88.8 cm³/mol. The number of nitrogens with zero attached hydrogens (tertiary/aromatic N) is 3. The molecule has 1 spiro atoms. The molecular weight excluding hydrogens is 328 g/mol. The molecule has 8 heteroatoms. The summed E-state index contributed by atoms with van der Waals surface area (Å²) >= 11 is 1.50. The van der Waals surface area contributed by atoms with Crippen LogP contribution < -0.4 is 5.32 Å². The summed E-state index contributed by atoms with van der Waals surface area (Å²) in [5, 5.41) is 2.78. The second-order valence-corrected chi connectivity index (χ2v) is 7.09. The zero-order valence-corrected chi connectivity index (χ0v) is 13.9. The maximum atomic E-state index is 12.7. The van der Waals surface area contributed by atoms with Crippen LogP contribution in [0, 0.1) is 0 Å². The molecule has 2 aliphatic heterocycles. The number of thiazole rings is 1. The maximum absolute atomic E-state index is 12.7. The minimum absolute atomic E-state index is 0.0507. The van der Waals surface area contributed by atoms with Crippen molar-refractivity contribution in [2.45, 2.75) is 18.4 Å². The number of carbonyl (C=O) groups excluding carboxylic acids is 3. The standard InChI is InChI=1S/C16H16N4O3S/c1-19-14(22)16(18-15(19)23)4-6-20(7-5-16)13(21)10-2-3-11-12(8-10)24-9-17-11/h2-3,8-9H,4-7H2,1H3,(H,18,23). The summed E-state index contributed by atoms with van der Waals surface area (Å²) in [6.45, 7) is 0.888. The first-order chi connectivity index (χ1) is 11.5. The van der Waals surface area contributed by atoms with E-state index in [1.54, 1.807) is 16.5 Å². The largest absolute Gasteiger partial charge is 0.338 e. The fourth-order valence-electron chi connectivity index (χ4n) is 3.36. The first-order valence-corrected chi connectivity index (χ1v) is 8.61. The summed E-state index contributed by atoms with van der Waals surface area (Å²) in [5.74, 6) is -0.254. The molecule has 1 N–H and O–H groups in total. The Labute approximate surface area is 142 Å². The zero-order valence-electron chi connectivity index (χ0n) is 13.1. The van der Waals surface area contributed by atoms with Crippen molar-refractivity contribution < 1.29 is 14.4 Å². The van der Waals surface area contributed by atoms with Crippen molar-refractivity contribution in [3.05, 3.63) is 29.3 Å². The van der Waals surface area contributed by atoms with E-state index < -0.39 is 5.54 Å². The highest BCUT2D eigenvalue weighted by molar-refractivity contribution is 7.16. The lowest BCUT2D eigenvalue weighted by Crippen LogP contribution is -2.55. The summed E-state index contributed by atoms with van der Waals surface area (Å²) in [6, 6.07) is 5.12. The van der Waals surface area contributed by atoms with Crippen LogP contribution in [0.4, 0.5) is 4.79 Å². The minimum atomic E-state index is -0.843. The molecule has 1 aromatic heterocycles. The fourth-order valence-corrected chi connectivity index (χ4v) is 4.07. The lowest BCUT2D eigenvalue weighted by Gasteiger charge is -2.37. The molecule has 3 heterocycles. The Hall–Kier alpha value is -2.48. The normalized spacial score (nSPS) is 20.0. The molecule has 0 aliphatic carbocycles. The number of carbonyl (C=O) groups is 3. The number of likely N-dealkylation sites (tertiary alicyclic amines) is 1. The van der Waals surface area contributed by atoms with Crippen molar-refractivity contribution in [2.24, 2.45) is 0 Å². The number of hydrogen-bond donors (Lipinski definition) is 1. The van der Waals surface area contributed by atoms with Gasteiger partial charge in [-0.15, -0.1) is 11.3 Å². The molecule has 4 amide bonds. The van der Waals surface area contributed by atoms with E-state index in [1.165, 1.54) is 18.4 Å². The van der Waals surface area contributed by atoms with E-state index >= 15 is 0 Å². The van der Waals surface area contributed by atoms with Gasteiger partial charge in [-0.3, -0.25) is 14.5 Å². The van der Waals surface area contributed by atoms with Gasteiger partial charge < -0.3 is 10.2 Å². The number of urea groups is 1. The van der Waals surface area contributed by atoms with E-state index in [-0.39, 0.29) is 17.8 Å². The monoisotopic (exact) mass is 344 g/mol. The van der Waals surface area contributed by atoms with Crippen molar-refractivity contribution in [3.63, 3.8) is 0 Å². The molecule has 7 nitrogen and oxygen atoms in total. The Kier molecular flexibility index (Phi) is 3.31. The third-order valence-electron chi connectivity index (χ3n) is 4.85. The Balaban J connectivity index is 1.50. The van der Waals surface area contributed by atoms with Crippen LogP contribution >= 0.6 is 11.3 Å². The summed E-state index contributed by atoms with van der Waals surface area (Å²) in [5.41, 5.74) is 2.43. The van der Waals surface area contributed by atoms with Crippen molar-refractivity contribution in [3.8, 4) is 0 Å². The molecule has 0 bridgehead atoms. The number of piperidine rings is 1. The van der Waals surface area contributed by atoms with Crippen molar-refractivity contribution >= 4 is 39.4 Å². The van der Waals surface area contributed by atoms with Crippen LogP contribution in [0.25, 0.3) is 10.2 Å². The average molecular weight is 344 g/mol. The number of nitrogens with one attached hydrogen (secondary N) is 1. The lowest BCUT2D eigenvalue weighted by molar-refractivity contribution is -0.131. The van der Waals surface area contributed by atoms with E-state index in [1.807, 2.05) is 12.1 Å². The Morgan fingerprint density at radius 3 is 2.71 bits per heavy atom. The van der Waals surface area contributed by atoms with Gasteiger partial charge in [-0.25, -0.2) is 9.78 Å². The number of rotatable bonds is 1. The summed E-state index contributed by atoms with van der Waals surface area (Å²) in [4.78, 5) is 43.8. The van der Waals surface area contributed by atoms with Gasteiger partial charge in [-0.05, 0) is 31.0 Å². The lowest BCUT2D eigenvalue weighted by atomic mass is 9.87. The molecule has 2 aliphatic rings. The van der Waals surface area contributed by atoms with E-state index in [2.05, 4.69) is 10.3 Å². The number of likely N-dealkylation sites (N-methyl/N-ethyl adjacent to an activating group) is 1. The van der Waals surface area contributed by atoms with Gasteiger partial charge in [0.1, 0.15) is 5.54 Å². The predicted octanol–water partition coefficient (Wildman–Crippen LogP) is 1.45. The van der Waals surface area contributed by atoms with Gasteiger partial charge in [-0.1, -0.05) is 0 Å². The van der Waals surface area contributed by atoms with Gasteiger partial charge >= 0.3 is 6.03 Å².